The highest BCUT2D eigenvalue weighted by Gasteiger charge is 2.61. The molecule has 1 aliphatic rings. The molecule has 0 aliphatic carbocycles. The van der Waals surface area contributed by atoms with Gasteiger partial charge in [-0.25, -0.2) is 0 Å². The van der Waals surface area contributed by atoms with Crippen molar-refractivity contribution in [3.63, 3.8) is 0 Å². The Kier molecular flexibility index (Phi) is 5.23. The highest BCUT2D eigenvalue weighted by Crippen LogP contribution is 2.38. The molecule has 0 spiro atoms. The molecule has 1 saturated heterocycles. The van der Waals surface area contributed by atoms with Gasteiger partial charge >= 0.3 is 12.3 Å². The SMILES string of the molecule is FC(F)(F)C(F)(F)Oc1ccccc1CN1CCCNCC1. The van der Waals surface area contributed by atoms with Crippen molar-refractivity contribution in [2.75, 3.05) is 26.2 Å². The highest BCUT2D eigenvalue weighted by molar-refractivity contribution is 5.33. The van der Waals surface area contributed by atoms with Gasteiger partial charge in [0.15, 0.2) is 0 Å². The summed E-state index contributed by atoms with van der Waals surface area (Å²) in [7, 11) is 0. The van der Waals surface area contributed by atoms with Crippen molar-refractivity contribution in [1.82, 2.24) is 10.2 Å². The standard InChI is InChI=1S/C14H17F5N2O/c15-13(16,17)14(18,19)22-12-5-2-1-4-11(12)10-21-8-3-6-20-7-9-21/h1-2,4-5,20H,3,6-10H2. The average Bonchev–Trinajstić information content (AvgIpc) is 2.68. The van der Waals surface area contributed by atoms with Gasteiger partial charge in [-0.3, -0.25) is 4.90 Å². The van der Waals surface area contributed by atoms with Crippen molar-refractivity contribution in [1.29, 1.82) is 0 Å². The number of ether oxygens (including phenoxy) is 1. The third-order valence-corrected chi connectivity index (χ3v) is 3.37. The van der Waals surface area contributed by atoms with Crippen LogP contribution in [0.4, 0.5) is 22.0 Å². The highest BCUT2D eigenvalue weighted by atomic mass is 19.4. The molecule has 1 heterocycles. The zero-order chi connectivity index (χ0) is 16.2. The molecule has 1 aromatic carbocycles. The molecule has 3 nitrogen and oxygen atoms in total. The summed E-state index contributed by atoms with van der Waals surface area (Å²) >= 11 is 0. The van der Waals surface area contributed by atoms with Crippen LogP contribution in [0.25, 0.3) is 0 Å². The molecule has 0 aromatic heterocycles. The zero-order valence-electron chi connectivity index (χ0n) is 11.8. The molecule has 1 N–H and O–H groups in total. The molecule has 1 aromatic rings. The first-order chi connectivity index (χ1) is 10.3. The third-order valence-electron chi connectivity index (χ3n) is 3.37. The molecule has 0 amide bonds. The van der Waals surface area contributed by atoms with Crippen LogP contribution >= 0.6 is 0 Å². The van der Waals surface area contributed by atoms with Gasteiger partial charge in [-0.15, -0.1) is 0 Å². The van der Waals surface area contributed by atoms with E-state index >= 15 is 0 Å². The Morgan fingerprint density at radius 2 is 1.77 bits per heavy atom. The molecule has 0 radical (unpaired) electrons. The van der Waals surface area contributed by atoms with Crippen LogP contribution in [0.15, 0.2) is 24.3 Å². The Bertz CT molecular complexity index is 484. The molecular formula is C14H17F5N2O. The van der Waals surface area contributed by atoms with Crippen LogP contribution in [0.3, 0.4) is 0 Å². The van der Waals surface area contributed by atoms with Crippen LogP contribution in [-0.2, 0) is 6.54 Å². The van der Waals surface area contributed by atoms with Gasteiger partial charge in [0.2, 0.25) is 0 Å². The molecule has 124 valence electrons. The fraction of sp³-hybridized carbons (Fsp3) is 0.571. The molecule has 22 heavy (non-hydrogen) atoms. The summed E-state index contributed by atoms with van der Waals surface area (Å²) in [6.07, 6.45) is -10.1. The average molecular weight is 324 g/mol. The van der Waals surface area contributed by atoms with E-state index < -0.39 is 18.0 Å². The fourth-order valence-electron chi connectivity index (χ4n) is 2.23. The van der Waals surface area contributed by atoms with Crippen LogP contribution in [0.2, 0.25) is 0 Å². The Morgan fingerprint density at radius 3 is 2.50 bits per heavy atom. The lowest BCUT2D eigenvalue weighted by molar-refractivity contribution is -0.360. The summed E-state index contributed by atoms with van der Waals surface area (Å²) in [4.78, 5) is 1.99. The molecule has 8 heteroatoms. The Hall–Kier alpha value is -1.41. The van der Waals surface area contributed by atoms with Crippen LogP contribution in [0.1, 0.15) is 12.0 Å². The first-order valence-corrected chi connectivity index (χ1v) is 6.94. The smallest absolute Gasteiger partial charge is 0.425 e. The lowest BCUT2D eigenvalue weighted by atomic mass is 10.2. The Labute approximate surface area is 125 Å². The number of nitrogens with one attached hydrogen (secondary N) is 1. The largest absolute Gasteiger partial charge is 0.499 e. The second-order valence-corrected chi connectivity index (χ2v) is 5.10. The van der Waals surface area contributed by atoms with Gasteiger partial charge < -0.3 is 10.1 Å². The van der Waals surface area contributed by atoms with Crippen LogP contribution in [0, 0.1) is 0 Å². The molecule has 0 bridgehead atoms. The molecule has 0 saturated carbocycles. The quantitative estimate of drug-likeness (QED) is 0.862. The Morgan fingerprint density at radius 1 is 1.05 bits per heavy atom. The van der Waals surface area contributed by atoms with Gasteiger partial charge in [0, 0.05) is 25.2 Å². The van der Waals surface area contributed by atoms with Gasteiger partial charge in [-0.05, 0) is 25.6 Å². The number of hydrogen-bond donors (Lipinski definition) is 1. The first-order valence-electron chi connectivity index (χ1n) is 6.94. The maximum atomic E-state index is 13.1. The number of benzene rings is 1. The second-order valence-electron chi connectivity index (χ2n) is 5.10. The van der Waals surface area contributed by atoms with Gasteiger partial charge in [-0.1, -0.05) is 18.2 Å². The van der Waals surface area contributed by atoms with Crippen molar-refractivity contribution in [3.8, 4) is 5.75 Å². The van der Waals surface area contributed by atoms with Crippen LogP contribution in [0.5, 0.6) is 5.75 Å². The van der Waals surface area contributed by atoms with Gasteiger partial charge in [0.1, 0.15) is 5.75 Å². The predicted octanol–water partition coefficient (Wildman–Crippen LogP) is 3.02. The number of hydrogen-bond acceptors (Lipinski definition) is 3. The molecular weight excluding hydrogens is 307 g/mol. The van der Waals surface area contributed by atoms with Gasteiger partial charge in [0.25, 0.3) is 0 Å². The van der Waals surface area contributed by atoms with E-state index in [1.54, 1.807) is 6.07 Å². The normalized spacial score (nSPS) is 18.0. The van der Waals surface area contributed by atoms with E-state index in [4.69, 9.17) is 0 Å². The topological polar surface area (TPSA) is 24.5 Å². The number of para-hydroxylation sites is 1. The summed E-state index contributed by atoms with van der Waals surface area (Å²) in [5.74, 6) is -0.443. The zero-order valence-corrected chi connectivity index (χ0v) is 11.8. The van der Waals surface area contributed by atoms with Crippen molar-refractivity contribution < 1.29 is 26.7 Å². The van der Waals surface area contributed by atoms with E-state index in [1.807, 2.05) is 4.90 Å². The lowest BCUT2D eigenvalue weighted by Crippen LogP contribution is -2.42. The summed E-state index contributed by atoms with van der Waals surface area (Å²) in [5.41, 5.74) is 0.313. The fourth-order valence-corrected chi connectivity index (χ4v) is 2.23. The van der Waals surface area contributed by atoms with E-state index in [0.29, 0.717) is 12.1 Å². The molecule has 1 fully saturated rings. The van der Waals surface area contributed by atoms with E-state index in [9.17, 15) is 22.0 Å². The van der Waals surface area contributed by atoms with E-state index in [1.165, 1.54) is 12.1 Å². The summed E-state index contributed by atoms with van der Waals surface area (Å²) in [5, 5.41) is 3.19. The summed E-state index contributed by atoms with van der Waals surface area (Å²) in [6.45, 7) is 3.33. The number of nitrogens with zero attached hydrogens (tertiary/aromatic N) is 1. The molecule has 1 aliphatic heterocycles. The molecule has 0 unspecified atom stereocenters. The minimum Gasteiger partial charge on any atom is -0.425 e. The summed E-state index contributed by atoms with van der Waals surface area (Å²) in [6, 6.07) is 5.59. The van der Waals surface area contributed by atoms with Crippen molar-refractivity contribution in [2.45, 2.75) is 25.3 Å². The first kappa shape index (κ1) is 17.0. The maximum absolute atomic E-state index is 13.1. The third kappa shape index (κ3) is 4.30. The van der Waals surface area contributed by atoms with E-state index in [2.05, 4.69) is 10.1 Å². The second kappa shape index (κ2) is 6.78. The van der Waals surface area contributed by atoms with Gasteiger partial charge in [-0.2, -0.15) is 22.0 Å². The van der Waals surface area contributed by atoms with Crippen molar-refractivity contribution in [3.05, 3.63) is 29.8 Å². The predicted molar refractivity (Wildman–Crippen MR) is 70.8 cm³/mol. The minimum atomic E-state index is -5.74. The lowest BCUT2D eigenvalue weighted by Gasteiger charge is -2.24. The minimum absolute atomic E-state index is 0.270. The molecule has 0 atom stereocenters. The van der Waals surface area contributed by atoms with Gasteiger partial charge in [0.05, 0.1) is 0 Å². The van der Waals surface area contributed by atoms with Crippen LogP contribution in [-0.4, -0.2) is 43.4 Å². The van der Waals surface area contributed by atoms with E-state index in [-0.39, 0.29) is 6.54 Å². The molecule has 2 rings (SSSR count). The van der Waals surface area contributed by atoms with Crippen molar-refractivity contribution >= 4 is 0 Å². The number of rotatable bonds is 4. The maximum Gasteiger partial charge on any atom is 0.499 e. The monoisotopic (exact) mass is 324 g/mol. The van der Waals surface area contributed by atoms with Crippen molar-refractivity contribution in [2.24, 2.45) is 0 Å². The number of alkyl halides is 5. The number of halogens is 5. The van der Waals surface area contributed by atoms with Crippen LogP contribution < -0.4 is 10.1 Å². The van der Waals surface area contributed by atoms with E-state index in [0.717, 1.165) is 32.1 Å². The Balaban J connectivity index is 2.12. The summed E-state index contributed by atoms with van der Waals surface area (Å²) < 4.78 is 66.9.